The monoisotopic (exact) mass is 381 g/mol. The molecule has 0 saturated carbocycles. The van der Waals surface area contributed by atoms with Gasteiger partial charge in [0.15, 0.2) is 5.82 Å². The van der Waals surface area contributed by atoms with Crippen LogP contribution >= 0.6 is 0 Å². The quantitative estimate of drug-likeness (QED) is 0.673. The Morgan fingerprint density at radius 2 is 1.85 bits per heavy atom. The number of hydrogen-bond acceptors (Lipinski definition) is 7. The summed E-state index contributed by atoms with van der Waals surface area (Å²) in [4.78, 5) is 25.7. The molecule has 0 saturated heterocycles. The molecule has 0 unspecified atom stereocenters. The molecule has 2 rings (SSSR count). The van der Waals surface area contributed by atoms with Gasteiger partial charge in [-0.25, -0.2) is 14.0 Å². The summed E-state index contributed by atoms with van der Waals surface area (Å²) in [5.41, 5.74) is -0.173. The van der Waals surface area contributed by atoms with E-state index >= 15 is 0 Å². The van der Waals surface area contributed by atoms with Gasteiger partial charge in [-0.3, -0.25) is 0 Å². The molecule has 0 bridgehead atoms. The highest BCUT2D eigenvalue weighted by atomic mass is 19.1. The summed E-state index contributed by atoms with van der Waals surface area (Å²) >= 11 is 0. The van der Waals surface area contributed by atoms with Crippen molar-refractivity contribution in [3.05, 3.63) is 35.3 Å². The van der Waals surface area contributed by atoms with Gasteiger partial charge in [-0.15, -0.1) is 0 Å². The molecule has 1 aromatic rings. The largest absolute Gasteiger partial charge is 0.488 e. The Morgan fingerprint density at radius 1 is 1.19 bits per heavy atom. The molecule has 0 aromatic heterocycles. The third-order valence-corrected chi connectivity index (χ3v) is 4.26. The Morgan fingerprint density at radius 3 is 2.44 bits per heavy atom. The molecule has 27 heavy (non-hydrogen) atoms. The fourth-order valence-electron chi connectivity index (χ4n) is 2.81. The molecule has 0 radical (unpaired) electrons. The second-order valence-electron chi connectivity index (χ2n) is 5.86. The molecule has 0 atom stereocenters. The van der Waals surface area contributed by atoms with Gasteiger partial charge < -0.3 is 23.8 Å². The average Bonchev–Trinajstić information content (AvgIpc) is 2.70. The zero-order chi connectivity index (χ0) is 20.0. The van der Waals surface area contributed by atoms with E-state index in [4.69, 9.17) is 18.9 Å². The lowest BCUT2D eigenvalue weighted by molar-refractivity contribution is -0.140. The predicted molar refractivity (Wildman–Crippen MR) is 95.8 cm³/mol. The maximum atomic E-state index is 14.8. The molecule has 0 aliphatic carbocycles. The van der Waals surface area contributed by atoms with Crippen molar-refractivity contribution in [2.75, 3.05) is 32.5 Å². The molecule has 0 spiro atoms. The number of hydrogen-bond donors (Lipinski definition) is 0. The summed E-state index contributed by atoms with van der Waals surface area (Å²) in [5, 5.41) is 0. The Kier molecular flexibility index (Phi) is 7.18. The second-order valence-corrected chi connectivity index (χ2v) is 5.86. The van der Waals surface area contributed by atoms with E-state index in [1.165, 1.54) is 31.3 Å². The van der Waals surface area contributed by atoms with E-state index in [1.807, 2.05) is 13.8 Å². The first-order chi connectivity index (χ1) is 13.0. The van der Waals surface area contributed by atoms with Crippen LogP contribution in [0.1, 0.15) is 26.7 Å². The number of para-hydroxylation sites is 1. The third-order valence-electron chi connectivity index (χ3n) is 4.26. The first kappa shape index (κ1) is 20.7. The van der Waals surface area contributed by atoms with Crippen molar-refractivity contribution >= 4 is 17.6 Å². The number of rotatable bonds is 7. The minimum Gasteiger partial charge on any atom is -0.488 e. The van der Waals surface area contributed by atoms with Crippen LogP contribution in [0.2, 0.25) is 0 Å². The van der Waals surface area contributed by atoms with Crippen LogP contribution in [0, 0.1) is 5.82 Å². The van der Waals surface area contributed by atoms with Crippen molar-refractivity contribution in [3.8, 4) is 5.75 Å². The van der Waals surface area contributed by atoms with Crippen molar-refractivity contribution in [1.82, 2.24) is 0 Å². The molecule has 0 N–H and O–H groups in total. The Hall–Kier alpha value is -2.61. The van der Waals surface area contributed by atoms with E-state index in [0.717, 1.165) is 12.8 Å². The predicted octanol–water partition coefficient (Wildman–Crippen LogP) is 2.79. The number of methoxy groups -OCH3 is 2. The third kappa shape index (κ3) is 4.39. The zero-order valence-corrected chi connectivity index (χ0v) is 15.9. The van der Waals surface area contributed by atoms with Crippen LogP contribution < -0.4 is 9.64 Å². The smallest absolute Gasteiger partial charge is 0.355 e. The molecule has 8 heteroatoms. The van der Waals surface area contributed by atoms with Crippen LogP contribution in [0.5, 0.6) is 5.75 Å². The van der Waals surface area contributed by atoms with Gasteiger partial charge in [0.05, 0.1) is 32.5 Å². The van der Waals surface area contributed by atoms with Crippen LogP contribution in [0.3, 0.4) is 0 Å². The first-order valence-corrected chi connectivity index (χ1v) is 8.68. The van der Waals surface area contributed by atoms with Crippen LogP contribution in [0.25, 0.3) is 0 Å². The highest BCUT2D eigenvalue weighted by Crippen LogP contribution is 2.37. The standard InChI is InChI=1S/C19H24FNO6/c1-5-12(6-2)27-15-9-7-8-14(20)17(15)21-11-26-10-13(18(22)24-3)16(21)19(23)25-4/h7-9,12H,5-6,10-11H2,1-4H3. The fraction of sp³-hybridized carbons (Fsp3) is 0.474. The maximum Gasteiger partial charge on any atom is 0.355 e. The van der Waals surface area contributed by atoms with Gasteiger partial charge >= 0.3 is 11.9 Å². The number of carbonyl (C=O) groups is 2. The van der Waals surface area contributed by atoms with Crippen LogP contribution in [0.15, 0.2) is 29.5 Å². The molecule has 1 heterocycles. The SMILES string of the molecule is CCC(CC)Oc1cccc(F)c1N1COCC(C(=O)OC)=C1C(=O)OC. The minimum absolute atomic E-state index is 0.00547. The zero-order valence-electron chi connectivity index (χ0n) is 15.9. The summed E-state index contributed by atoms with van der Waals surface area (Å²) in [6.07, 6.45) is 1.34. The summed E-state index contributed by atoms with van der Waals surface area (Å²) in [5.74, 6) is -1.91. The van der Waals surface area contributed by atoms with Gasteiger partial charge in [-0.1, -0.05) is 19.9 Å². The van der Waals surface area contributed by atoms with E-state index in [9.17, 15) is 14.0 Å². The minimum atomic E-state index is -0.796. The van der Waals surface area contributed by atoms with E-state index in [1.54, 1.807) is 6.07 Å². The van der Waals surface area contributed by atoms with Gasteiger partial charge in [0.25, 0.3) is 0 Å². The summed E-state index contributed by atoms with van der Waals surface area (Å²) in [7, 11) is 2.37. The number of halogens is 1. The number of anilines is 1. The van der Waals surface area contributed by atoms with Crippen molar-refractivity contribution in [2.45, 2.75) is 32.8 Å². The average molecular weight is 381 g/mol. The molecule has 1 aliphatic heterocycles. The number of carbonyl (C=O) groups excluding carboxylic acids is 2. The Labute approximate surface area is 157 Å². The molecule has 148 valence electrons. The molecule has 7 nitrogen and oxygen atoms in total. The fourth-order valence-corrected chi connectivity index (χ4v) is 2.81. The Balaban J connectivity index is 2.61. The number of esters is 2. The molecule has 0 amide bonds. The highest BCUT2D eigenvalue weighted by molar-refractivity contribution is 6.03. The number of nitrogens with zero attached hydrogens (tertiary/aromatic N) is 1. The molecule has 0 fully saturated rings. The topological polar surface area (TPSA) is 74.3 Å². The lowest BCUT2D eigenvalue weighted by Crippen LogP contribution is -2.39. The summed E-state index contributed by atoms with van der Waals surface area (Å²) < 4.78 is 35.6. The van der Waals surface area contributed by atoms with Gasteiger partial charge in [0, 0.05) is 0 Å². The van der Waals surface area contributed by atoms with Crippen LogP contribution in [-0.2, 0) is 23.8 Å². The van der Waals surface area contributed by atoms with Crippen molar-refractivity contribution in [2.24, 2.45) is 0 Å². The van der Waals surface area contributed by atoms with Gasteiger partial charge in [0.2, 0.25) is 0 Å². The van der Waals surface area contributed by atoms with E-state index in [2.05, 4.69) is 0 Å². The first-order valence-electron chi connectivity index (χ1n) is 8.68. The van der Waals surface area contributed by atoms with Crippen LogP contribution in [-0.4, -0.2) is 45.6 Å². The second kappa shape index (κ2) is 9.36. The van der Waals surface area contributed by atoms with Crippen molar-refractivity contribution in [1.29, 1.82) is 0 Å². The molecule has 1 aromatic carbocycles. The van der Waals surface area contributed by atoms with Gasteiger partial charge in [0.1, 0.15) is 23.9 Å². The molecular formula is C19H24FNO6. The number of ether oxygens (including phenoxy) is 4. The normalized spacial score (nSPS) is 14.4. The maximum absolute atomic E-state index is 14.8. The van der Waals surface area contributed by atoms with E-state index in [-0.39, 0.29) is 42.1 Å². The van der Waals surface area contributed by atoms with Crippen molar-refractivity contribution < 1.29 is 32.9 Å². The summed E-state index contributed by atoms with van der Waals surface area (Å²) in [6, 6.07) is 4.37. The van der Waals surface area contributed by atoms with Crippen LogP contribution in [0.4, 0.5) is 10.1 Å². The molecular weight excluding hydrogens is 357 g/mol. The van der Waals surface area contributed by atoms with Crippen molar-refractivity contribution in [3.63, 3.8) is 0 Å². The lowest BCUT2D eigenvalue weighted by atomic mass is 10.1. The number of benzene rings is 1. The lowest BCUT2D eigenvalue weighted by Gasteiger charge is -2.33. The highest BCUT2D eigenvalue weighted by Gasteiger charge is 2.35. The van der Waals surface area contributed by atoms with Gasteiger partial charge in [-0.2, -0.15) is 0 Å². The van der Waals surface area contributed by atoms with E-state index < -0.39 is 17.8 Å². The van der Waals surface area contributed by atoms with Gasteiger partial charge in [-0.05, 0) is 25.0 Å². The summed E-state index contributed by atoms with van der Waals surface area (Å²) in [6.45, 7) is 3.63. The molecule has 1 aliphatic rings. The Bertz CT molecular complexity index is 729. The van der Waals surface area contributed by atoms with E-state index in [0.29, 0.717) is 0 Å².